The van der Waals surface area contributed by atoms with Crippen molar-refractivity contribution in [3.05, 3.63) is 59.9 Å². The summed E-state index contributed by atoms with van der Waals surface area (Å²) in [5.74, 6) is 0.899. The summed E-state index contributed by atoms with van der Waals surface area (Å²) in [7, 11) is 0. The molecule has 5 rings (SSSR count). The Kier molecular flexibility index (Phi) is 1.70. The number of rotatable bonds is 0. The van der Waals surface area contributed by atoms with Crippen molar-refractivity contribution in [1.82, 2.24) is 0 Å². The molecule has 3 heterocycles. The van der Waals surface area contributed by atoms with Gasteiger partial charge in [0, 0.05) is 23.2 Å². The molecule has 0 bridgehead atoms. The Labute approximate surface area is 115 Å². The molecule has 0 fully saturated rings. The Balaban J connectivity index is 1.83. The first-order valence-electron chi connectivity index (χ1n) is 6.66. The van der Waals surface area contributed by atoms with Crippen LogP contribution in [0.4, 0.5) is 5.69 Å². The molecule has 0 amide bonds. The van der Waals surface area contributed by atoms with Gasteiger partial charge in [-0.05, 0) is 23.8 Å². The van der Waals surface area contributed by atoms with Gasteiger partial charge in [0.1, 0.15) is 17.9 Å². The van der Waals surface area contributed by atoms with Crippen molar-refractivity contribution in [3.8, 4) is 5.75 Å². The highest BCUT2D eigenvalue weighted by Crippen LogP contribution is 2.49. The van der Waals surface area contributed by atoms with Crippen LogP contribution in [-0.4, -0.2) is 12.8 Å². The second-order valence-electron chi connectivity index (χ2n) is 5.34. The molecule has 1 atom stereocenters. The molecule has 2 aliphatic heterocycles. The Bertz CT molecular complexity index is 878. The Hall–Kier alpha value is -2.55. The molecular weight excluding hydrogens is 250 g/mol. The van der Waals surface area contributed by atoms with Crippen LogP contribution >= 0.6 is 0 Å². The van der Waals surface area contributed by atoms with E-state index in [0.717, 1.165) is 22.4 Å². The summed E-state index contributed by atoms with van der Waals surface area (Å²) in [4.78, 5) is 4.57. The molecule has 0 radical (unpaired) electrons. The summed E-state index contributed by atoms with van der Waals surface area (Å²) in [5, 5.41) is 1.10. The smallest absolute Gasteiger partial charge is 0.137 e. The third-order valence-electron chi connectivity index (χ3n) is 4.30. The van der Waals surface area contributed by atoms with Crippen molar-refractivity contribution in [3.63, 3.8) is 0 Å². The number of hydrogen-bond acceptors (Lipinski definition) is 3. The van der Waals surface area contributed by atoms with Crippen LogP contribution < -0.4 is 4.74 Å². The van der Waals surface area contributed by atoms with Crippen molar-refractivity contribution in [1.29, 1.82) is 0 Å². The number of para-hydroxylation sites is 1. The molecule has 96 valence electrons. The summed E-state index contributed by atoms with van der Waals surface area (Å²) in [6.07, 6.45) is 3.73. The van der Waals surface area contributed by atoms with Crippen molar-refractivity contribution in [2.45, 2.75) is 5.41 Å². The Morgan fingerprint density at radius 3 is 3.00 bits per heavy atom. The van der Waals surface area contributed by atoms with Gasteiger partial charge < -0.3 is 9.15 Å². The Morgan fingerprint density at radius 1 is 1.05 bits per heavy atom. The highest BCUT2D eigenvalue weighted by Gasteiger charge is 2.45. The summed E-state index contributed by atoms with van der Waals surface area (Å²) in [6, 6.07) is 14.4. The van der Waals surface area contributed by atoms with Crippen LogP contribution in [0.3, 0.4) is 0 Å². The monoisotopic (exact) mass is 261 g/mol. The zero-order valence-corrected chi connectivity index (χ0v) is 10.7. The summed E-state index contributed by atoms with van der Waals surface area (Å²) >= 11 is 0. The Morgan fingerprint density at radius 2 is 2.00 bits per heavy atom. The second-order valence-corrected chi connectivity index (χ2v) is 5.34. The lowest BCUT2D eigenvalue weighted by Gasteiger charge is -2.20. The van der Waals surface area contributed by atoms with Gasteiger partial charge in [-0.15, -0.1) is 0 Å². The van der Waals surface area contributed by atoms with E-state index in [0.29, 0.717) is 6.61 Å². The first-order valence-corrected chi connectivity index (χ1v) is 6.66. The lowest BCUT2D eigenvalue weighted by molar-refractivity contribution is 0.328. The van der Waals surface area contributed by atoms with Gasteiger partial charge in [-0.25, -0.2) is 0 Å². The van der Waals surface area contributed by atoms with E-state index >= 15 is 0 Å². The van der Waals surface area contributed by atoms with Gasteiger partial charge in [-0.1, -0.05) is 18.2 Å². The number of hydrogen-bond donors (Lipinski definition) is 0. The minimum Gasteiger partial charge on any atom is -0.491 e. The third-order valence-corrected chi connectivity index (χ3v) is 4.30. The van der Waals surface area contributed by atoms with Gasteiger partial charge in [0.2, 0.25) is 0 Å². The van der Waals surface area contributed by atoms with Gasteiger partial charge in [-0.3, -0.25) is 4.99 Å². The molecule has 0 saturated carbocycles. The van der Waals surface area contributed by atoms with Crippen LogP contribution in [0.15, 0.2) is 58.1 Å². The topological polar surface area (TPSA) is 34.7 Å². The van der Waals surface area contributed by atoms with Crippen LogP contribution in [0, 0.1) is 0 Å². The van der Waals surface area contributed by atoms with Crippen molar-refractivity contribution in [2.75, 3.05) is 6.61 Å². The highest BCUT2D eigenvalue weighted by atomic mass is 16.5. The molecule has 1 aromatic heterocycles. The van der Waals surface area contributed by atoms with E-state index < -0.39 is 0 Å². The fourth-order valence-electron chi connectivity index (χ4n) is 3.27. The summed E-state index contributed by atoms with van der Waals surface area (Å²) in [5.41, 5.74) is 4.07. The molecule has 3 nitrogen and oxygen atoms in total. The van der Waals surface area contributed by atoms with Crippen LogP contribution in [-0.2, 0) is 5.41 Å². The summed E-state index contributed by atoms with van der Waals surface area (Å²) in [6.45, 7) is 0.607. The summed E-state index contributed by atoms with van der Waals surface area (Å²) < 4.78 is 11.4. The maximum Gasteiger partial charge on any atom is 0.137 e. The third kappa shape index (κ3) is 1.09. The van der Waals surface area contributed by atoms with Gasteiger partial charge in [-0.2, -0.15) is 0 Å². The molecule has 1 spiro atoms. The molecule has 2 aliphatic rings. The lowest BCUT2D eigenvalue weighted by Crippen LogP contribution is -2.28. The minimum atomic E-state index is -0.239. The molecule has 0 N–H and O–H groups in total. The van der Waals surface area contributed by atoms with Crippen LogP contribution in [0.1, 0.15) is 11.1 Å². The molecule has 0 saturated heterocycles. The van der Waals surface area contributed by atoms with Crippen molar-refractivity contribution >= 4 is 22.9 Å². The molecule has 0 aliphatic carbocycles. The zero-order valence-electron chi connectivity index (χ0n) is 10.7. The molecule has 20 heavy (non-hydrogen) atoms. The van der Waals surface area contributed by atoms with Crippen LogP contribution in [0.25, 0.3) is 11.0 Å². The number of benzene rings is 2. The van der Waals surface area contributed by atoms with E-state index in [-0.39, 0.29) is 5.41 Å². The van der Waals surface area contributed by atoms with Gasteiger partial charge in [0.15, 0.2) is 0 Å². The minimum absolute atomic E-state index is 0.239. The first kappa shape index (κ1) is 10.3. The standard InChI is InChI=1S/C17H11NO2/c1-2-4-14-12(3-1)17(9-18-14)10-20-16-8-15-11(5-6-19-15)7-13(16)17/h1-9H,10H2. The molecular formula is C17H11NO2. The quantitative estimate of drug-likeness (QED) is 0.616. The first-order chi connectivity index (χ1) is 9.87. The van der Waals surface area contributed by atoms with Crippen LogP contribution in [0.5, 0.6) is 5.75 Å². The normalized spacial score (nSPS) is 22.2. The van der Waals surface area contributed by atoms with E-state index in [2.05, 4.69) is 29.3 Å². The predicted molar refractivity (Wildman–Crippen MR) is 77.1 cm³/mol. The van der Waals surface area contributed by atoms with Gasteiger partial charge >= 0.3 is 0 Å². The molecule has 3 aromatic rings. The maximum absolute atomic E-state index is 5.92. The van der Waals surface area contributed by atoms with Crippen LogP contribution in [0.2, 0.25) is 0 Å². The van der Waals surface area contributed by atoms with E-state index in [9.17, 15) is 0 Å². The van der Waals surface area contributed by atoms with E-state index in [1.165, 1.54) is 11.1 Å². The number of furan rings is 1. The average Bonchev–Trinajstić information content (AvgIpc) is 3.17. The fourth-order valence-corrected chi connectivity index (χ4v) is 3.27. The SMILES string of the molecule is C1=Nc2ccccc2C12COc1cc3occc3cc12. The number of ether oxygens (including phenoxy) is 1. The van der Waals surface area contributed by atoms with E-state index in [1.807, 2.05) is 24.4 Å². The van der Waals surface area contributed by atoms with Crippen molar-refractivity contribution in [2.24, 2.45) is 4.99 Å². The van der Waals surface area contributed by atoms with Crippen molar-refractivity contribution < 1.29 is 9.15 Å². The molecule has 3 heteroatoms. The highest BCUT2D eigenvalue weighted by molar-refractivity contribution is 5.93. The number of fused-ring (bicyclic) bond motifs is 5. The van der Waals surface area contributed by atoms with Gasteiger partial charge in [0.05, 0.1) is 17.4 Å². The zero-order chi connectivity index (χ0) is 13.2. The maximum atomic E-state index is 5.92. The largest absolute Gasteiger partial charge is 0.491 e. The van der Waals surface area contributed by atoms with E-state index in [4.69, 9.17) is 9.15 Å². The fraction of sp³-hybridized carbons (Fsp3) is 0.118. The average molecular weight is 261 g/mol. The van der Waals surface area contributed by atoms with Gasteiger partial charge in [0.25, 0.3) is 0 Å². The molecule has 1 unspecified atom stereocenters. The number of nitrogens with zero attached hydrogens (tertiary/aromatic N) is 1. The second kappa shape index (κ2) is 3.31. The lowest BCUT2D eigenvalue weighted by atomic mass is 9.78. The van der Waals surface area contributed by atoms with E-state index in [1.54, 1.807) is 6.26 Å². The molecule has 2 aromatic carbocycles. The number of aliphatic imine (C=N–C) groups is 1. The predicted octanol–water partition coefficient (Wildman–Crippen LogP) is 3.83.